The lowest BCUT2D eigenvalue weighted by molar-refractivity contribution is -0.148. The molecule has 0 N–H and O–H groups in total. The molecule has 1 aromatic carbocycles. The monoisotopic (exact) mass is 387 g/mol. The van der Waals surface area contributed by atoms with Gasteiger partial charge in [0.2, 0.25) is 11.8 Å². The Bertz CT molecular complexity index is 769. The van der Waals surface area contributed by atoms with Crippen LogP contribution in [-0.4, -0.2) is 66.5 Å². The molecule has 0 aliphatic carbocycles. The molecule has 0 spiro atoms. The third-order valence-corrected chi connectivity index (χ3v) is 5.59. The summed E-state index contributed by atoms with van der Waals surface area (Å²) in [6.07, 6.45) is 0.442. The minimum atomic E-state index is -1.17. The number of anilines is 1. The minimum Gasteiger partial charge on any atom is -0.450 e. The second-order valence-electron chi connectivity index (χ2n) is 7.96. The second kappa shape index (κ2) is 7.81. The zero-order chi connectivity index (χ0) is 20.5. The summed E-state index contributed by atoms with van der Waals surface area (Å²) >= 11 is 0. The van der Waals surface area contributed by atoms with Gasteiger partial charge in [-0.05, 0) is 45.7 Å². The normalized spacial score (nSPS) is 19.4. The molecule has 1 fully saturated rings. The van der Waals surface area contributed by atoms with Crippen molar-refractivity contribution in [2.45, 2.75) is 40.2 Å². The zero-order valence-corrected chi connectivity index (χ0v) is 17.1. The van der Waals surface area contributed by atoms with Crippen molar-refractivity contribution in [1.29, 1.82) is 0 Å². The molecule has 0 aromatic heterocycles. The van der Waals surface area contributed by atoms with Gasteiger partial charge in [-0.3, -0.25) is 9.59 Å². The maximum atomic E-state index is 13.4. The van der Waals surface area contributed by atoms with Gasteiger partial charge < -0.3 is 19.4 Å². The molecule has 1 atom stereocenters. The summed E-state index contributed by atoms with van der Waals surface area (Å²) in [6.45, 7) is 9.14. The van der Waals surface area contributed by atoms with E-state index in [0.29, 0.717) is 32.8 Å². The smallest absolute Gasteiger partial charge is 0.409 e. The van der Waals surface area contributed by atoms with Gasteiger partial charge in [-0.1, -0.05) is 18.2 Å². The summed E-state index contributed by atoms with van der Waals surface area (Å²) < 4.78 is 5.02. The Kier molecular flexibility index (Phi) is 5.63. The number of carbonyl (C=O) groups excluding carboxylic acids is 3. The first-order valence-corrected chi connectivity index (χ1v) is 9.90. The van der Waals surface area contributed by atoms with Gasteiger partial charge in [0.1, 0.15) is 5.41 Å². The van der Waals surface area contributed by atoms with E-state index in [4.69, 9.17) is 4.74 Å². The van der Waals surface area contributed by atoms with E-state index in [0.717, 1.165) is 17.7 Å². The molecule has 0 radical (unpaired) electrons. The Balaban J connectivity index is 1.70. The predicted molar refractivity (Wildman–Crippen MR) is 106 cm³/mol. The Labute approximate surface area is 166 Å². The van der Waals surface area contributed by atoms with Crippen LogP contribution in [0.15, 0.2) is 24.3 Å². The van der Waals surface area contributed by atoms with E-state index in [2.05, 4.69) is 0 Å². The van der Waals surface area contributed by atoms with Crippen molar-refractivity contribution in [2.75, 3.05) is 37.7 Å². The van der Waals surface area contributed by atoms with Gasteiger partial charge in [0, 0.05) is 37.9 Å². The fourth-order valence-electron chi connectivity index (χ4n) is 3.97. The highest BCUT2D eigenvalue weighted by Gasteiger charge is 2.45. The highest BCUT2D eigenvalue weighted by atomic mass is 16.6. The van der Waals surface area contributed by atoms with Gasteiger partial charge in [0.25, 0.3) is 0 Å². The first-order valence-electron chi connectivity index (χ1n) is 9.90. The van der Waals surface area contributed by atoms with Crippen molar-refractivity contribution in [1.82, 2.24) is 9.80 Å². The van der Waals surface area contributed by atoms with Crippen molar-refractivity contribution in [2.24, 2.45) is 5.41 Å². The number of hydrogen-bond donors (Lipinski definition) is 0. The van der Waals surface area contributed by atoms with Crippen LogP contribution in [0.3, 0.4) is 0 Å². The van der Waals surface area contributed by atoms with Crippen LogP contribution in [0.1, 0.15) is 33.3 Å². The van der Waals surface area contributed by atoms with E-state index < -0.39 is 5.41 Å². The number of benzene rings is 1. The summed E-state index contributed by atoms with van der Waals surface area (Å²) in [5.74, 6) is -0.375. The SMILES string of the molecule is CCOC(=O)N1CCN(C(=O)C(C)(C)C(=O)N2c3ccccc3CC2C)CC1. The van der Waals surface area contributed by atoms with Gasteiger partial charge in [0.05, 0.1) is 6.61 Å². The second-order valence-corrected chi connectivity index (χ2v) is 7.96. The molecule has 0 saturated carbocycles. The number of ether oxygens (including phenoxy) is 1. The minimum absolute atomic E-state index is 0.0256. The van der Waals surface area contributed by atoms with Crippen molar-refractivity contribution in [3.8, 4) is 0 Å². The summed E-state index contributed by atoms with van der Waals surface area (Å²) in [5, 5.41) is 0. The zero-order valence-electron chi connectivity index (χ0n) is 17.1. The molecule has 3 rings (SSSR count). The van der Waals surface area contributed by atoms with Crippen LogP contribution < -0.4 is 4.90 Å². The van der Waals surface area contributed by atoms with E-state index in [9.17, 15) is 14.4 Å². The number of piperazine rings is 1. The quantitative estimate of drug-likeness (QED) is 0.746. The fraction of sp³-hybridized carbons (Fsp3) is 0.571. The molecule has 152 valence electrons. The molecule has 2 heterocycles. The molecular weight excluding hydrogens is 358 g/mol. The molecule has 0 bridgehead atoms. The van der Waals surface area contributed by atoms with Crippen molar-refractivity contribution >= 4 is 23.6 Å². The van der Waals surface area contributed by atoms with Crippen LogP contribution in [0.25, 0.3) is 0 Å². The molecule has 28 heavy (non-hydrogen) atoms. The third kappa shape index (κ3) is 3.57. The topological polar surface area (TPSA) is 70.2 Å². The molecule has 2 aliphatic heterocycles. The van der Waals surface area contributed by atoms with Crippen LogP contribution in [-0.2, 0) is 20.7 Å². The third-order valence-electron chi connectivity index (χ3n) is 5.59. The average molecular weight is 387 g/mol. The molecule has 2 aliphatic rings. The lowest BCUT2D eigenvalue weighted by atomic mass is 9.88. The number of hydrogen-bond acceptors (Lipinski definition) is 4. The van der Waals surface area contributed by atoms with Gasteiger partial charge in [-0.15, -0.1) is 0 Å². The lowest BCUT2D eigenvalue weighted by Crippen LogP contribution is -2.57. The Hall–Kier alpha value is -2.57. The number of amides is 3. The van der Waals surface area contributed by atoms with Crippen molar-refractivity contribution < 1.29 is 19.1 Å². The van der Waals surface area contributed by atoms with Gasteiger partial charge in [-0.2, -0.15) is 0 Å². The number of para-hydroxylation sites is 1. The molecule has 7 nitrogen and oxygen atoms in total. The van der Waals surface area contributed by atoms with Crippen LogP contribution in [0.2, 0.25) is 0 Å². The first kappa shape index (κ1) is 20.2. The standard InChI is InChI=1S/C21H29N3O4/c1-5-28-20(27)23-12-10-22(11-13-23)18(25)21(3,4)19(26)24-15(2)14-16-8-6-7-9-17(16)24/h6-9,15H,5,10-14H2,1-4H3. The molecule has 1 saturated heterocycles. The first-order chi connectivity index (χ1) is 13.3. The Morgan fingerprint density at radius 2 is 1.64 bits per heavy atom. The largest absolute Gasteiger partial charge is 0.450 e. The van der Waals surface area contributed by atoms with Gasteiger partial charge >= 0.3 is 6.09 Å². The van der Waals surface area contributed by atoms with E-state index in [-0.39, 0.29) is 23.9 Å². The number of fused-ring (bicyclic) bond motifs is 1. The van der Waals surface area contributed by atoms with Crippen LogP contribution in [0.5, 0.6) is 0 Å². The lowest BCUT2D eigenvalue weighted by Gasteiger charge is -2.39. The van der Waals surface area contributed by atoms with Gasteiger partial charge in [0.15, 0.2) is 0 Å². The molecular formula is C21H29N3O4. The predicted octanol–water partition coefficient (Wildman–Crippen LogP) is 2.29. The van der Waals surface area contributed by atoms with Crippen molar-refractivity contribution in [3.05, 3.63) is 29.8 Å². The van der Waals surface area contributed by atoms with E-state index in [1.165, 1.54) is 0 Å². The number of nitrogens with zero attached hydrogens (tertiary/aromatic N) is 3. The highest BCUT2D eigenvalue weighted by molar-refractivity contribution is 6.12. The maximum absolute atomic E-state index is 13.4. The molecule has 1 unspecified atom stereocenters. The highest BCUT2D eigenvalue weighted by Crippen LogP contribution is 2.36. The fourth-order valence-corrected chi connectivity index (χ4v) is 3.97. The van der Waals surface area contributed by atoms with Crippen LogP contribution >= 0.6 is 0 Å². The van der Waals surface area contributed by atoms with Crippen LogP contribution in [0.4, 0.5) is 10.5 Å². The summed E-state index contributed by atoms with van der Waals surface area (Å²) in [4.78, 5) is 43.4. The van der Waals surface area contributed by atoms with Crippen molar-refractivity contribution in [3.63, 3.8) is 0 Å². The Morgan fingerprint density at radius 3 is 2.29 bits per heavy atom. The molecule has 1 aromatic rings. The number of rotatable bonds is 3. The average Bonchev–Trinajstić information content (AvgIpc) is 3.02. The van der Waals surface area contributed by atoms with E-state index in [1.54, 1.807) is 35.5 Å². The van der Waals surface area contributed by atoms with Crippen LogP contribution in [0, 0.1) is 5.41 Å². The summed E-state index contributed by atoms with van der Waals surface area (Å²) in [6, 6.07) is 7.88. The number of carbonyl (C=O) groups is 3. The van der Waals surface area contributed by atoms with E-state index >= 15 is 0 Å². The van der Waals surface area contributed by atoms with E-state index in [1.807, 2.05) is 31.2 Å². The molecule has 7 heteroatoms. The summed E-state index contributed by atoms with van der Waals surface area (Å²) in [5.41, 5.74) is 0.861. The maximum Gasteiger partial charge on any atom is 0.409 e. The summed E-state index contributed by atoms with van der Waals surface area (Å²) in [7, 11) is 0. The Morgan fingerprint density at radius 1 is 1.04 bits per heavy atom. The van der Waals surface area contributed by atoms with Gasteiger partial charge in [-0.25, -0.2) is 4.79 Å². The molecule has 3 amide bonds.